The number of rotatable bonds is 2. The molecule has 1 aliphatic rings. The number of nitrogens with two attached hydrogens (primary N) is 1. The number of piperidine rings is 1. The van der Waals surface area contributed by atoms with E-state index in [2.05, 4.69) is 0 Å². The van der Waals surface area contributed by atoms with Gasteiger partial charge in [-0.25, -0.2) is 13.6 Å². The van der Waals surface area contributed by atoms with Gasteiger partial charge in [0.25, 0.3) is 15.9 Å². The highest BCUT2D eigenvalue weighted by molar-refractivity contribution is 7.89. The van der Waals surface area contributed by atoms with Gasteiger partial charge in [0.05, 0.1) is 0 Å². The summed E-state index contributed by atoms with van der Waals surface area (Å²) in [5, 5.41) is 4.58. The molecule has 1 fully saturated rings. The molecule has 1 saturated heterocycles. The first-order chi connectivity index (χ1) is 8.80. The van der Waals surface area contributed by atoms with Gasteiger partial charge in [-0.05, 0) is 45.2 Å². The van der Waals surface area contributed by atoms with Crippen LogP contribution in [0.15, 0.2) is 21.6 Å². The summed E-state index contributed by atoms with van der Waals surface area (Å²) in [6.07, 6.45) is 2.98. The van der Waals surface area contributed by atoms with Crippen molar-refractivity contribution in [2.75, 3.05) is 0 Å². The lowest BCUT2D eigenvalue weighted by atomic mass is 9.97. The Morgan fingerprint density at radius 1 is 1.32 bits per heavy atom. The molecular formula is C12H18N2O4S. The minimum atomic E-state index is -3.91. The maximum atomic E-state index is 12.4. The number of hydrogen-bond donors (Lipinski definition) is 1. The SMILES string of the molecule is CC1CCCC(C)N1C(=O)c1ccc(S(N)(=O)=O)o1. The Balaban J connectivity index is 2.26. The van der Waals surface area contributed by atoms with Gasteiger partial charge in [-0.3, -0.25) is 4.79 Å². The Labute approximate surface area is 112 Å². The Kier molecular flexibility index (Phi) is 3.69. The van der Waals surface area contributed by atoms with Gasteiger partial charge in [0, 0.05) is 12.1 Å². The second-order valence-electron chi connectivity index (χ2n) is 5.01. The summed E-state index contributed by atoms with van der Waals surface area (Å²) in [5.74, 6) is -0.265. The van der Waals surface area contributed by atoms with E-state index in [1.54, 1.807) is 4.90 Å². The molecule has 0 saturated carbocycles. The topological polar surface area (TPSA) is 93.6 Å². The quantitative estimate of drug-likeness (QED) is 0.887. The molecule has 1 aromatic rings. The number of furan rings is 1. The first-order valence-electron chi connectivity index (χ1n) is 6.26. The fraction of sp³-hybridized carbons (Fsp3) is 0.583. The minimum absolute atomic E-state index is 0.0182. The molecule has 106 valence electrons. The fourth-order valence-electron chi connectivity index (χ4n) is 2.54. The third-order valence-corrected chi connectivity index (χ3v) is 4.28. The number of sulfonamides is 1. The van der Waals surface area contributed by atoms with E-state index < -0.39 is 10.0 Å². The summed E-state index contributed by atoms with van der Waals surface area (Å²) in [5.41, 5.74) is 0. The fourth-order valence-corrected chi connectivity index (χ4v) is 3.00. The molecule has 0 radical (unpaired) electrons. The zero-order valence-corrected chi connectivity index (χ0v) is 11.8. The van der Waals surface area contributed by atoms with Crippen molar-refractivity contribution in [1.29, 1.82) is 0 Å². The highest BCUT2D eigenvalue weighted by Crippen LogP contribution is 2.25. The predicted molar refractivity (Wildman–Crippen MR) is 69.0 cm³/mol. The third kappa shape index (κ3) is 2.82. The van der Waals surface area contributed by atoms with Crippen LogP contribution in [0.4, 0.5) is 0 Å². The Bertz CT molecular complexity index is 568. The second kappa shape index (κ2) is 4.97. The summed E-state index contributed by atoms with van der Waals surface area (Å²) in [4.78, 5) is 14.1. The molecule has 1 amide bonds. The van der Waals surface area contributed by atoms with Crippen LogP contribution in [0.1, 0.15) is 43.7 Å². The highest BCUT2D eigenvalue weighted by atomic mass is 32.2. The maximum Gasteiger partial charge on any atom is 0.290 e. The predicted octanol–water partition coefficient (Wildman–Crippen LogP) is 1.33. The number of primary sulfonamides is 1. The van der Waals surface area contributed by atoms with Gasteiger partial charge < -0.3 is 9.32 Å². The van der Waals surface area contributed by atoms with Gasteiger partial charge in [0.1, 0.15) is 0 Å². The Morgan fingerprint density at radius 3 is 2.37 bits per heavy atom. The van der Waals surface area contributed by atoms with Crippen molar-refractivity contribution < 1.29 is 17.6 Å². The number of amides is 1. The maximum absolute atomic E-state index is 12.4. The standard InChI is InChI=1S/C12H18N2O4S/c1-8-4-3-5-9(2)14(8)12(15)10-6-7-11(18-10)19(13,16)17/h6-9H,3-5H2,1-2H3,(H2,13,16,17). The van der Waals surface area contributed by atoms with Crippen LogP contribution in [0.25, 0.3) is 0 Å². The highest BCUT2D eigenvalue weighted by Gasteiger charge is 2.31. The molecule has 2 heterocycles. The summed E-state index contributed by atoms with van der Waals surface area (Å²) in [7, 11) is -3.91. The van der Waals surface area contributed by atoms with E-state index in [0.717, 1.165) is 19.3 Å². The number of likely N-dealkylation sites (tertiary alicyclic amines) is 1. The second-order valence-corrected chi connectivity index (χ2v) is 6.50. The zero-order valence-electron chi connectivity index (χ0n) is 11.0. The number of hydrogen-bond acceptors (Lipinski definition) is 4. The number of carbonyl (C=O) groups is 1. The van der Waals surface area contributed by atoms with Crippen LogP contribution in [-0.2, 0) is 10.0 Å². The Hall–Kier alpha value is -1.34. The summed E-state index contributed by atoms with van der Waals surface area (Å²) in [6.45, 7) is 3.97. The smallest absolute Gasteiger partial charge is 0.290 e. The molecule has 0 spiro atoms. The largest absolute Gasteiger partial charge is 0.438 e. The van der Waals surface area contributed by atoms with Crippen LogP contribution in [-0.4, -0.2) is 31.3 Å². The molecule has 19 heavy (non-hydrogen) atoms. The third-order valence-electron chi connectivity index (χ3n) is 3.50. The Morgan fingerprint density at radius 2 is 1.89 bits per heavy atom. The normalized spacial score (nSPS) is 24.5. The molecule has 7 heteroatoms. The molecule has 2 unspecified atom stereocenters. The average molecular weight is 286 g/mol. The number of carbonyl (C=O) groups excluding carboxylic acids is 1. The van der Waals surface area contributed by atoms with Crippen molar-refractivity contribution in [3.05, 3.63) is 17.9 Å². The van der Waals surface area contributed by atoms with Gasteiger partial charge in [0.15, 0.2) is 5.76 Å². The lowest BCUT2D eigenvalue weighted by Crippen LogP contribution is -2.47. The minimum Gasteiger partial charge on any atom is -0.438 e. The van der Waals surface area contributed by atoms with Crippen LogP contribution in [0.5, 0.6) is 0 Å². The van der Waals surface area contributed by atoms with Crippen molar-refractivity contribution in [2.45, 2.75) is 50.3 Å². The van der Waals surface area contributed by atoms with Gasteiger partial charge in [0.2, 0.25) is 5.09 Å². The lowest BCUT2D eigenvalue weighted by molar-refractivity contribution is 0.0473. The van der Waals surface area contributed by atoms with E-state index in [1.165, 1.54) is 12.1 Å². The molecule has 0 aromatic carbocycles. The van der Waals surface area contributed by atoms with E-state index in [0.29, 0.717) is 0 Å². The van der Waals surface area contributed by atoms with Crippen molar-refractivity contribution >= 4 is 15.9 Å². The molecular weight excluding hydrogens is 268 g/mol. The number of nitrogens with zero attached hydrogens (tertiary/aromatic N) is 1. The molecule has 0 bridgehead atoms. The monoisotopic (exact) mass is 286 g/mol. The molecule has 0 aliphatic carbocycles. The molecule has 2 rings (SSSR count). The van der Waals surface area contributed by atoms with Gasteiger partial charge in [-0.1, -0.05) is 0 Å². The van der Waals surface area contributed by atoms with E-state index in [-0.39, 0.29) is 28.8 Å². The molecule has 1 aliphatic heterocycles. The van der Waals surface area contributed by atoms with Crippen LogP contribution in [0, 0.1) is 0 Å². The van der Waals surface area contributed by atoms with Crippen LogP contribution in [0.2, 0.25) is 0 Å². The summed E-state index contributed by atoms with van der Waals surface area (Å²) in [6, 6.07) is 2.82. The molecule has 2 atom stereocenters. The first-order valence-corrected chi connectivity index (χ1v) is 7.80. The lowest BCUT2D eigenvalue weighted by Gasteiger charge is -2.38. The summed E-state index contributed by atoms with van der Waals surface area (Å²) >= 11 is 0. The van der Waals surface area contributed by atoms with Crippen LogP contribution < -0.4 is 5.14 Å². The average Bonchev–Trinajstić information content (AvgIpc) is 2.77. The van der Waals surface area contributed by atoms with E-state index in [1.807, 2.05) is 13.8 Å². The van der Waals surface area contributed by atoms with Crippen LogP contribution >= 0.6 is 0 Å². The molecule has 6 nitrogen and oxygen atoms in total. The van der Waals surface area contributed by atoms with Crippen molar-refractivity contribution in [3.8, 4) is 0 Å². The van der Waals surface area contributed by atoms with Gasteiger partial charge >= 0.3 is 0 Å². The molecule has 1 aromatic heterocycles. The van der Waals surface area contributed by atoms with Gasteiger partial charge in [-0.15, -0.1) is 0 Å². The van der Waals surface area contributed by atoms with E-state index in [4.69, 9.17) is 9.56 Å². The zero-order chi connectivity index (χ0) is 14.2. The molecule has 2 N–H and O–H groups in total. The van der Waals surface area contributed by atoms with E-state index >= 15 is 0 Å². The van der Waals surface area contributed by atoms with Crippen molar-refractivity contribution in [2.24, 2.45) is 5.14 Å². The van der Waals surface area contributed by atoms with Crippen molar-refractivity contribution in [1.82, 2.24) is 4.90 Å². The van der Waals surface area contributed by atoms with Gasteiger partial charge in [-0.2, -0.15) is 0 Å². The van der Waals surface area contributed by atoms with Crippen molar-refractivity contribution in [3.63, 3.8) is 0 Å². The van der Waals surface area contributed by atoms with Crippen LogP contribution in [0.3, 0.4) is 0 Å². The first kappa shape index (κ1) is 14.1. The summed E-state index contributed by atoms with van der Waals surface area (Å²) < 4.78 is 27.3. The van der Waals surface area contributed by atoms with E-state index in [9.17, 15) is 13.2 Å².